The van der Waals surface area contributed by atoms with E-state index >= 15 is 0 Å². The van der Waals surface area contributed by atoms with E-state index in [9.17, 15) is 0 Å². The van der Waals surface area contributed by atoms with Crippen LogP contribution in [0.5, 0.6) is 0 Å². The van der Waals surface area contributed by atoms with E-state index in [0.717, 1.165) is 42.5 Å². The van der Waals surface area contributed by atoms with Gasteiger partial charge in [0.1, 0.15) is 5.82 Å². The van der Waals surface area contributed by atoms with Crippen LogP contribution in [-0.4, -0.2) is 41.0 Å². The van der Waals surface area contributed by atoms with Crippen molar-refractivity contribution in [3.05, 3.63) is 29.6 Å². The Balaban J connectivity index is 1.56. The molecule has 4 nitrogen and oxygen atoms in total. The average molecular weight is 258 g/mol. The first kappa shape index (κ1) is 12.6. The van der Waals surface area contributed by atoms with E-state index in [4.69, 9.17) is 0 Å². The van der Waals surface area contributed by atoms with Gasteiger partial charge in [-0.1, -0.05) is 6.07 Å². The number of aromatic nitrogens is 2. The molecule has 0 radical (unpaired) electrons. The SMILES string of the molecule is Cc1nc2ccc(CN(C)CCNC3CC3)cc2[nH]1. The molecule has 1 aromatic heterocycles. The Morgan fingerprint density at radius 3 is 3.05 bits per heavy atom. The van der Waals surface area contributed by atoms with Gasteiger partial charge in [-0.15, -0.1) is 0 Å². The molecule has 2 aromatic rings. The molecule has 1 aliphatic carbocycles. The van der Waals surface area contributed by atoms with Crippen molar-refractivity contribution < 1.29 is 0 Å². The molecule has 1 fully saturated rings. The second kappa shape index (κ2) is 5.31. The largest absolute Gasteiger partial charge is 0.342 e. The molecule has 0 spiro atoms. The number of likely N-dealkylation sites (N-methyl/N-ethyl adjacent to an activating group) is 1. The van der Waals surface area contributed by atoms with Crippen LogP contribution in [0.25, 0.3) is 11.0 Å². The Kier molecular flexibility index (Phi) is 3.53. The number of imidazole rings is 1. The zero-order valence-corrected chi connectivity index (χ0v) is 11.7. The molecule has 1 heterocycles. The molecule has 4 heteroatoms. The van der Waals surface area contributed by atoms with E-state index in [1.54, 1.807) is 0 Å². The lowest BCUT2D eigenvalue weighted by atomic mass is 10.2. The van der Waals surface area contributed by atoms with Gasteiger partial charge in [0.25, 0.3) is 0 Å². The summed E-state index contributed by atoms with van der Waals surface area (Å²) in [7, 11) is 2.18. The topological polar surface area (TPSA) is 44.0 Å². The van der Waals surface area contributed by atoms with Gasteiger partial charge in [-0.25, -0.2) is 4.98 Å². The smallest absolute Gasteiger partial charge is 0.104 e. The van der Waals surface area contributed by atoms with Crippen LogP contribution in [0, 0.1) is 6.92 Å². The fraction of sp³-hybridized carbons (Fsp3) is 0.533. The van der Waals surface area contributed by atoms with Crippen molar-refractivity contribution in [1.29, 1.82) is 0 Å². The maximum Gasteiger partial charge on any atom is 0.104 e. The predicted octanol–water partition coefficient (Wildman–Crippen LogP) is 2.06. The van der Waals surface area contributed by atoms with E-state index in [-0.39, 0.29) is 0 Å². The molecule has 0 aliphatic heterocycles. The first-order chi connectivity index (χ1) is 9.20. The number of H-pyrrole nitrogens is 1. The van der Waals surface area contributed by atoms with Crippen LogP contribution in [0.3, 0.4) is 0 Å². The van der Waals surface area contributed by atoms with Gasteiger partial charge in [0.15, 0.2) is 0 Å². The molecule has 0 unspecified atom stereocenters. The van der Waals surface area contributed by atoms with Crippen molar-refractivity contribution in [3.8, 4) is 0 Å². The molecule has 2 N–H and O–H groups in total. The van der Waals surface area contributed by atoms with Crippen molar-refractivity contribution in [1.82, 2.24) is 20.2 Å². The minimum Gasteiger partial charge on any atom is -0.342 e. The standard InChI is InChI=1S/C15H22N4/c1-11-17-14-6-3-12(9-15(14)18-11)10-19(2)8-7-16-13-4-5-13/h3,6,9,13,16H,4-5,7-8,10H2,1-2H3,(H,17,18). The van der Waals surface area contributed by atoms with Crippen LogP contribution in [0.15, 0.2) is 18.2 Å². The molecule has 0 saturated heterocycles. The number of rotatable bonds is 6. The Hall–Kier alpha value is -1.39. The summed E-state index contributed by atoms with van der Waals surface area (Å²) >= 11 is 0. The van der Waals surface area contributed by atoms with Crippen LogP contribution in [0.4, 0.5) is 0 Å². The summed E-state index contributed by atoms with van der Waals surface area (Å²) in [6.45, 7) is 5.17. The van der Waals surface area contributed by atoms with Crippen molar-refractivity contribution in [2.45, 2.75) is 32.4 Å². The summed E-state index contributed by atoms with van der Waals surface area (Å²) in [4.78, 5) is 10.1. The van der Waals surface area contributed by atoms with Gasteiger partial charge in [0.2, 0.25) is 0 Å². The van der Waals surface area contributed by atoms with Gasteiger partial charge in [-0.05, 0) is 44.5 Å². The third-order valence-electron chi connectivity index (χ3n) is 3.62. The zero-order chi connectivity index (χ0) is 13.2. The van der Waals surface area contributed by atoms with Crippen molar-refractivity contribution in [2.24, 2.45) is 0 Å². The van der Waals surface area contributed by atoms with E-state index < -0.39 is 0 Å². The summed E-state index contributed by atoms with van der Waals surface area (Å²) in [5, 5.41) is 3.55. The van der Waals surface area contributed by atoms with Gasteiger partial charge < -0.3 is 15.2 Å². The summed E-state index contributed by atoms with van der Waals surface area (Å²) < 4.78 is 0. The van der Waals surface area contributed by atoms with Gasteiger partial charge >= 0.3 is 0 Å². The van der Waals surface area contributed by atoms with Crippen LogP contribution < -0.4 is 5.32 Å². The van der Waals surface area contributed by atoms with Crippen LogP contribution in [-0.2, 0) is 6.54 Å². The van der Waals surface area contributed by atoms with E-state index in [0.29, 0.717) is 0 Å². The molecule has 0 bridgehead atoms. The average Bonchev–Trinajstić information content (AvgIpc) is 3.09. The maximum atomic E-state index is 4.43. The van der Waals surface area contributed by atoms with Gasteiger partial charge in [-0.2, -0.15) is 0 Å². The molecule has 19 heavy (non-hydrogen) atoms. The van der Waals surface area contributed by atoms with Crippen LogP contribution in [0.1, 0.15) is 24.2 Å². The number of benzene rings is 1. The highest BCUT2D eigenvalue weighted by Gasteiger charge is 2.19. The number of hydrogen-bond acceptors (Lipinski definition) is 3. The summed E-state index contributed by atoms with van der Waals surface area (Å²) in [5.74, 6) is 0.981. The lowest BCUT2D eigenvalue weighted by molar-refractivity contribution is 0.324. The first-order valence-corrected chi connectivity index (χ1v) is 7.08. The lowest BCUT2D eigenvalue weighted by Gasteiger charge is -2.17. The predicted molar refractivity (Wildman–Crippen MR) is 78.2 cm³/mol. The second-order valence-electron chi connectivity index (χ2n) is 5.64. The molecule has 0 amide bonds. The number of fused-ring (bicyclic) bond motifs is 1. The number of nitrogens with one attached hydrogen (secondary N) is 2. The minimum atomic E-state index is 0.803. The Bertz CT molecular complexity index is 556. The highest BCUT2D eigenvalue weighted by Crippen LogP contribution is 2.18. The van der Waals surface area contributed by atoms with Crippen molar-refractivity contribution >= 4 is 11.0 Å². The number of aromatic amines is 1. The molecule has 1 aromatic carbocycles. The second-order valence-corrected chi connectivity index (χ2v) is 5.64. The Morgan fingerprint density at radius 1 is 1.42 bits per heavy atom. The van der Waals surface area contributed by atoms with Gasteiger partial charge in [0, 0.05) is 25.7 Å². The monoisotopic (exact) mass is 258 g/mol. The summed E-state index contributed by atoms with van der Waals surface area (Å²) in [6.07, 6.45) is 2.72. The van der Waals surface area contributed by atoms with E-state index in [1.807, 2.05) is 6.92 Å². The Morgan fingerprint density at radius 2 is 2.26 bits per heavy atom. The first-order valence-electron chi connectivity index (χ1n) is 7.08. The van der Waals surface area contributed by atoms with E-state index in [2.05, 4.69) is 45.4 Å². The number of aryl methyl sites for hydroxylation is 1. The fourth-order valence-corrected chi connectivity index (χ4v) is 2.42. The highest BCUT2D eigenvalue weighted by molar-refractivity contribution is 5.75. The maximum absolute atomic E-state index is 4.43. The molecule has 0 atom stereocenters. The Labute approximate surface area is 114 Å². The highest BCUT2D eigenvalue weighted by atomic mass is 15.1. The quantitative estimate of drug-likeness (QED) is 0.833. The lowest BCUT2D eigenvalue weighted by Crippen LogP contribution is -2.30. The zero-order valence-electron chi connectivity index (χ0n) is 11.7. The van der Waals surface area contributed by atoms with E-state index in [1.165, 1.54) is 18.4 Å². The third-order valence-corrected chi connectivity index (χ3v) is 3.62. The number of hydrogen-bond donors (Lipinski definition) is 2. The summed E-state index contributed by atoms with van der Waals surface area (Å²) in [5.41, 5.74) is 3.53. The van der Waals surface area contributed by atoms with Gasteiger partial charge in [-0.3, -0.25) is 0 Å². The number of nitrogens with zero attached hydrogens (tertiary/aromatic N) is 2. The molecule has 3 rings (SSSR count). The fourth-order valence-electron chi connectivity index (χ4n) is 2.42. The van der Waals surface area contributed by atoms with Crippen molar-refractivity contribution in [2.75, 3.05) is 20.1 Å². The third kappa shape index (κ3) is 3.33. The molecular weight excluding hydrogens is 236 g/mol. The molecule has 1 aliphatic rings. The van der Waals surface area contributed by atoms with Crippen molar-refractivity contribution in [3.63, 3.8) is 0 Å². The van der Waals surface area contributed by atoms with Crippen LogP contribution >= 0.6 is 0 Å². The molecule has 1 saturated carbocycles. The normalized spacial score (nSPS) is 15.5. The molecular formula is C15H22N4. The van der Waals surface area contributed by atoms with Crippen LogP contribution in [0.2, 0.25) is 0 Å². The minimum absolute atomic E-state index is 0.803. The van der Waals surface area contributed by atoms with Gasteiger partial charge in [0.05, 0.1) is 11.0 Å². The summed E-state index contributed by atoms with van der Waals surface area (Å²) in [6, 6.07) is 7.29. The molecule has 102 valence electrons.